The van der Waals surface area contributed by atoms with Crippen LogP contribution in [0.5, 0.6) is 5.75 Å². The number of nitrogens with one attached hydrogen (secondary N) is 1. The Bertz CT molecular complexity index is 531. The summed E-state index contributed by atoms with van der Waals surface area (Å²) in [5.41, 5.74) is 5.01. The molecule has 0 amide bonds. The van der Waals surface area contributed by atoms with E-state index in [0.717, 1.165) is 12.3 Å². The summed E-state index contributed by atoms with van der Waals surface area (Å²) in [6, 6.07) is 14.7. The highest BCUT2D eigenvalue weighted by molar-refractivity contribution is 5.52. The Labute approximate surface area is 115 Å². The van der Waals surface area contributed by atoms with Crippen molar-refractivity contribution in [2.75, 3.05) is 11.9 Å². The van der Waals surface area contributed by atoms with Gasteiger partial charge in [-0.15, -0.1) is 0 Å². The highest BCUT2D eigenvalue weighted by Crippen LogP contribution is 2.18. The lowest BCUT2D eigenvalue weighted by molar-refractivity contribution is 0.340. The molecule has 1 N–H and O–H groups in total. The summed E-state index contributed by atoms with van der Waals surface area (Å²) in [7, 11) is 0. The van der Waals surface area contributed by atoms with Gasteiger partial charge in [-0.3, -0.25) is 0 Å². The SMILES string of the molecule is CCOc1ccc(CNc2cc(C)ccc2C)cc1. The quantitative estimate of drug-likeness (QED) is 0.859. The molecule has 0 radical (unpaired) electrons. The van der Waals surface area contributed by atoms with Gasteiger partial charge in [0, 0.05) is 12.2 Å². The van der Waals surface area contributed by atoms with Crippen LogP contribution in [-0.4, -0.2) is 6.61 Å². The number of anilines is 1. The van der Waals surface area contributed by atoms with E-state index < -0.39 is 0 Å². The predicted octanol–water partition coefficient (Wildman–Crippen LogP) is 4.31. The monoisotopic (exact) mass is 255 g/mol. The molecule has 2 aromatic carbocycles. The Morgan fingerprint density at radius 1 is 1.00 bits per heavy atom. The fourth-order valence-electron chi connectivity index (χ4n) is 1.99. The number of rotatable bonds is 5. The van der Waals surface area contributed by atoms with Gasteiger partial charge in [-0.2, -0.15) is 0 Å². The highest BCUT2D eigenvalue weighted by Gasteiger charge is 1.99. The van der Waals surface area contributed by atoms with Gasteiger partial charge in [0.1, 0.15) is 5.75 Å². The average Bonchev–Trinajstić information content (AvgIpc) is 2.42. The fourth-order valence-corrected chi connectivity index (χ4v) is 1.99. The molecule has 2 nitrogen and oxygen atoms in total. The zero-order chi connectivity index (χ0) is 13.7. The molecule has 2 aromatic rings. The molecule has 0 saturated carbocycles. The zero-order valence-electron chi connectivity index (χ0n) is 11.9. The van der Waals surface area contributed by atoms with Crippen LogP contribution in [-0.2, 0) is 6.54 Å². The predicted molar refractivity (Wildman–Crippen MR) is 80.9 cm³/mol. The van der Waals surface area contributed by atoms with Crippen molar-refractivity contribution in [3.63, 3.8) is 0 Å². The van der Waals surface area contributed by atoms with Gasteiger partial charge in [0.25, 0.3) is 0 Å². The van der Waals surface area contributed by atoms with E-state index in [1.807, 2.05) is 19.1 Å². The Balaban J connectivity index is 2.00. The summed E-state index contributed by atoms with van der Waals surface area (Å²) < 4.78 is 5.44. The van der Waals surface area contributed by atoms with Crippen LogP contribution in [0.15, 0.2) is 42.5 Å². The van der Waals surface area contributed by atoms with E-state index in [4.69, 9.17) is 4.74 Å². The number of hydrogen-bond donors (Lipinski definition) is 1. The normalized spacial score (nSPS) is 10.3. The second-order valence-electron chi connectivity index (χ2n) is 4.75. The van der Waals surface area contributed by atoms with E-state index in [1.165, 1.54) is 22.4 Å². The number of benzene rings is 2. The molecule has 2 heteroatoms. The van der Waals surface area contributed by atoms with E-state index in [2.05, 4.69) is 49.5 Å². The molecule has 100 valence electrons. The maximum absolute atomic E-state index is 5.44. The van der Waals surface area contributed by atoms with Crippen molar-refractivity contribution in [1.82, 2.24) is 0 Å². The van der Waals surface area contributed by atoms with Crippen molar-refractivity contribution < 1.29 is 4.74 Å². The van der Waals surface area contributed by atoms with Crippen LogP contribution in [0, 0.1) is 13.8 Å². The lowest BCUT2D eigenvalue weighted by atomic mass is 10.1. The third-order valence-corrected chi connectivity index (χ3v) is 3.11. The molecule has 0 bridgehead atoms. The first-order valence-electron chi connectivity index (χ1n) is 6.72. The Hall–Kier alpha value is -1.96. The van der Waals surface area contributed by atoms with Gasteiger partial charge in [0.2, 0.25) is 0 Å². The lowest BCUT2D eigenvalue weighted by Crippen LogP contribution is -2.01. The first kappa shape index (κ1) is 13.5. The molecule has 0 aliphatic carbocycles. The van der Waals surface area contributed by atoms with Crippen molar-refractivity contribution in [1.29, 1.82) is 0 Å². The van der Waals surface area contributed by atoms with Crippen molar-refractivity contribution in [3.8, 4) is 5.75 Å². The summed E-state index contributed by atoms with van der Waals surface area (Å²) in [5.74, 6) is 0.929. The molecule has 0 aliphatic rings. The molecule has 0 aromatic heterocycles. The third kappa shape index (κ3) is 3.75. The van der Waals surface area contributed by atoms with E-state index in [-0.39, 0.29) is 0 Å². The van der Waals surface area contributed by atoms with Gasteiger partial charge in [-0.1, -0.05) is 24.3 Å². The topological polar surface area (TPSA) is 21.3 Å². The standard InChI is InChI=1S/C17H21NO/c1-4-19-16-9-7-15(8-10-16)12-18-17-11-13(2)5-6-14(17)3/h5-11,18H,4,12H2,1-3H3. The van der Waals surface area contributed by atoms with Crippen LogP contribution in [0.25, 0.3) is 0 Å². The van der Waals surface area contributed by atoms with E-state index in [1.54, 1.807) is 0 Å². The second-order valence-corrected chi connectivity index (χ2v) is 4.75. The van der Waals surface area contributed by atoms with Crippen LogP contribution in [0.1, 0.15) is 23.6 Å². The summed E-state index contributed by atoms with van der Waals surface area (Å²) in [6.07, 6.45) is 0. The second kappa shape index (κ2) is 6.28. The first-order valence-corrected chi connectivity index (χ1v) is 6.72. The summed E-state index contributed by atoms with van der Waals surface area (Å²) in [5, 5.41) is 3.48. The number of ether oxygens (including phenoxy) is 1. The van der Waals surface area contributed by atoms with Crippen molar-refractivity contribution in [2.45, 2.75) is 27.3 Å². The van der Waals surface area contributed by atoms with Gasteiger partial charge in [0.15, 0.2) is 0 Å². The van der Waals surface area contributed by atoms with Crippen LogP contribution >= 0.6 is 0 Å². The summed E-state index contributed by atoms with van der Waals surface area (Å²) in [6.45, 7) is 7.77. The Morgan fingerprint density at radius 2 is 1.74 bits per heavy atom. The fraction of sp³-hybridized carbons (Fsp3) is 0.294. The van der Waals surface area contributed by atoms with Crippen molar-refractivity contribution >= 4 is 5.69 Å². The highest BCUT2D eigenvalue weighted by atomic mass is 16.5. The van der Waals surface area contributed by atoms with Gasteiger partial charge >= 0.3 is 0 Å². The van der Waals surface area contributed by atoms with E-state index in [9.17, 15) is 0 Å². The van der Waals surface area contributed by atoms with Gasteiger partial charge in [0.05, 0.1) is 6.61 Å². The minimum atomic E-state index is 0.708. The van der Waals surface area contributed by atoms with Crippen LogP contribution < -0.4 is 10.1 Å². The van der Waals surface area contributed by atoms with Crippen LogP contribution in [0.2, 0.25) is 0 Å². The third-order valence-electron chi connectivity index (χ3n) is 3.11. The molecule has 2 rings (SSSR count). The van der Waals surface area contributed by atoms with Crippen LogP contribution in [0.4, 0.5) is 5.69 Å². The van der Waals surface area contributed by atoms with E-state index in [0.29, 0.717) is 6.61 Å². The lowest BCUT2D eigenvalue weighted by Gasteiger charge is -2.11. The Morgan fingerprint density at radius 3 is 2.42 bits per heavy atom. The van der Waals surface area contributed by atoms with Gasteiger partial charge < -0.3 is 10.1 Å². The summed E-state index contributed by atoms with van der Waals surface area (Å²) >= 11 is 0. The maximum Gasteiger partial charge on any atom is 0.119 e. The van der Waals surface area contributed by atoms with Gasteiger partial charge in [-0.25, -0.2) is 0 Å². The molecule has 0 fully saturated rings. The zero-order valence-corrected chi connectivity index (χ0v) is 11.9. The molecule has 0 aliphatic heterocycles. The molecule has 0 unspecified atom stereocenters. The van der Waals surface area contributed by atoms with Gasteiger partial charge in [-0.05, 0) is 55.7 Å². The molecule has 0 atom stereocenters. The first-order chi connectivity index (χ1) is 9.19. The number of hydrogen-bond acceptors (Lipinski definition) is 2. The van der Waals surface area contributed by atoms with Crippen molar-refractivity contribution in [3.05, 3.63) is 59.2 Å². The molecule has 0 spiro atoms. The average molecular weight is 255 g/mol. The molecular weight excluding hydrogens is 234 g/mol. The van der Waals surface area contributed by atoms with Crippen LogP contribution in [0.3, 0.4) is 0 Å². The summed E-state index contributed by atoms with van der Waals surface area (Å²) in [4.78, 5) is 0. The van der Waals surface area contributed by atoms with E-state index >= 15 is 0 Å². The smallest absolute Gasteiger partial charge is 0.119 e. The Kier molecular flexibility index (Phi) is 4.45. The minimum Gasteiger partial charge on any atom is -0.494 e. The number of aryl methyl sites for hydroxylation is 2. The minimum absolute atomic E-state index is 0.708. The maximum atomic E-state index is 5.44. The molecular formula is C17H21NO. The molecule has 0 saturated heterocycles. The molecule has 0 heterocycles. The largest absolute Gasteiger partial charge is 0.494 e. The molecule has 19 heavy (non-hydrogen) atoms. The van der Waals surface area contributed by atoms with Crippen molar-refractivity contribution in [2.24, 2.45) is 0 Å².